The number of hydrogen-bond acceptors (Lipinski definition) is 2. The molecule has 0 bridgehead atoms. The molecule has 1 rings (SSSR count). The fourth-order valence-corrected chi connectivity index (χ4v) is 1.48. The first-order chi connectivity index (χ1) is 6.64. The third-order valence-corrected chi connectivity index (χ3v) is 2.37. The number of hydrogen-bond donors (Lipinski definition) is 0. The highest BCUT2D eigenvalue weighted by molar-refractivity contribution is 7.86. The van der Waals surface area contributed by atoms with Gasteiger partial charge in [0.15, 0.2) is 5.82 Å². The molecule has 0 aliphatic rings. The average Bonchev–Trinajstić information content (AvgIpc) is 1.99. The van der Waals surface area contributed by atoms with Gasteiger partial charge < -0.3 is 0 Å². The van der Waals surface area contributed by atoms with Gasteiger partial charge in [0.2, 0.25) is 0 Å². The van der Waals surface area contributed by atoms with Crippen molar-refractivity contribution in [2.75, 3.05) is 0 Å². The lowest BCUT2D eigenvalue weighted by molar-refractivity contribution is -0.140. The van der Waals surface area contributed by atoms with Gasteiger partial charge in [0.1, 0.15) is 4.90 Å². The van der Waals surface area contributed by atoms with Gasteiger partial charge in [-0.05, 0) is 12.1 Å². The standard InChI is InChI=1S/C7H3F5O2S/c8-6-4(7(9,10)11)2-1-3-5(6)15(12,13)14/h1-3H. The van der Waals surface area contributed by atoms with Crippen LogP contribution in [0.15, 0.2) is 23.1 Å². The van der Waals surface area contributed by atoms with Crippen LogP contribution in [-0.4, -0.2) is 8.42 Å². The van der Waals surface area contributed by atoms with Crippen molar-refractivity contribution in [1.29, 1.82) is 0 Å². The molecule has 0 aromatic heterocycles. The molecule has 2 nitrogen and oxygen atoms in total. The second-order valence-electron chi connectivity index (χ2n) is 2.55. The van der Waals surface area contributed by atoms with E-state index in [0.717, 1.165) is 0 Å². The average molecular weight is 246 g/mol. The molecule has 0 fully saturated rings. The second-order valence-corrected chi connectivity index (χ2v) is 3.87. The molecule has 0 saturated heterocycles. The van der Waals surface area contributed by atoms with Gasteiger partial charge in [-0.2, -0.15) is 21.6 Å². The lowest BCUT2D eigenvalue weighted by Crippen LogP contribution is -2.10. The quantitative estimate of drug-likeness (QED) is 0.563. The molecule has 0 spiro atoms. The molecule has 1 aromatic rings. The Morgan fingerprint density at radius 2 is 1.67 bits per heavy atom. The first-order valence-electron chi connectivity index (χ1n) is 3.44. The van der Waals surface area contributed by atoms with E-state index >= 15 is 0 Å². The smallest absolute Gasteiger partial charge is 0.205 e. The minimum atomic E-state index is -5.49. The molecule has 0 amide bonds. The number of rotatable bonds is 1. The third-order valence-electron chi connectivity index (χ3n) is 1.53. The third kappa shape index (κ3) is 2.44. The van der Waals surface area contributed by atoms with Crippen molar-refractivity contribution in [3.05, 3.63) is 29.6 Å². The molecule has 0 aliphatic carbocycles. The molecule has 0 heterocycles. The summed E-state index contributed by atoms with van der Waals surface area (Å²) in [6.07, 6.45) is -5.06. The maximum atomic E-state index is 12.9. The Bertz CT molecular complexity index is 477. The Kier molecular flexibility index (Phi) is 2.73. The van der Waals surface area contributed by atoms with Crippen molar-refractivity contribution < 1.29 is 29.9 Å². The molecular weight excluding hydrogens is 243 g/mol. The van der Waals surface area contributed by atoms with Crippen molar-refractivity contribution in [2.24, 2.45) is 0 Å². The van der Waals surface area contributed by atoms with Crippen LogP contribution in [0.5, 0.6) is 0 Å². The number of alkyl halides is 3. The van der Waals surface area contributed by atoms with Crippen LogP contribution >= 0.6 is 0 Å². The second kappa shape index (κ2) is 3.44. The van der Waals surface area contributed by atoms with Gasteiger partial charge in [-0.1, -0.05) is 6.07 Å². The van der Waals surface area contributed by atoms with Crippen LogP contribution in [0.3, 0.4) is 0 Å². The zero-order valence-electron chi connectivity index (χ0n) is 6.85. The van der Waals surface area contributed by atoms with E-state index < -0.39 is 32.7 Å². The summed E-state index contributed by atoms with van der Waals surface area (Å²) in [5, 5.41) is 0. The molecule has 0 N–H and O–H groups in total. The molecule has 15 heavy (non-hydrogen) atoms. The molecule has 0 aliphatic heterocycles. The Balaban J connectivity index is 3.51. The zero-order chi connectivity index (χ0) is 11.9. The molecule has 1 aromatic carbocycles. The van der Waals surface area contributed by atoms with E-state index in [1.54, 1.807) is 0 Å². The van der Waals surface area contributed by atoms with Crippen molar-refractivity contribution in [2.45, 2.75) is 11.1 Å². The fraction of sp³-hybridized carbons (Fsp3) is 0.143. The molecule has 0 radical (unpaired) electrons. The van der Waals surface area contributed by atoms with Crippen molar-refractivity contribution in [3.63, 3.8) is 0 Å². The summed E-state index contributed by atoms with van der Waals surface area (Å²) in [7, 11) is -5.49. The van der Waals surface area contributed by atoms with Gasteiger partial charge in [-0.15, -0.1) is 3.89 Å². The predicted molar refractivity (Wildman–Crippen MR) is 39.7 cm³/mol. The monoisotopic (exact) mass is 246 g/mol. The van der Waals surface area contributed by atoms with E-state index in [1.165, 1.54) is 0 Å². The van der Waals surface area contributed by atoms with Crippen LogP contribution in [0, 0.1) is 5.82 Å². The van der Waals surface area contributed by atoms with E-state index in [-0.39, 0.29) is 0 Å². The van der Waals surface area contributed by atoms with Crippen LogP contribution < -0.4 is 0 Å². The topological polar surface area (TPSA) is 34.1 Å². The van der Waals surface area contributed by atoms with Gasteiger partial charge in [0.25, 0.3) is 0 Å². The van der Waals surface area contributed by atoms with Crippen molar-refractivity contribution in [1.82, 2.24) is 0 Å². The maximum absolute atomic E-state index is 12.9. The fourth-order valence-electron chi connectivity index (χ4n) is 0.918. The Hall–Kier alpha value is -1.18. The minimum absolute atomic E-state index is 0.323. The van der Waals surface area contributed by atoms with Crippen LogP contribution in [0.4, 0.5) is 21.4 Å². The summed E-state index contributed by atoms with van der Waals surface area (Å²) >= 11 is 0. The Labute approximate surface area is 81.5 Å². The molecule has 0 saturated carbocycles. The number of halogens is 5. The molecular formula is C7H3F5O2S. The lowest BCUT2D eigenvalue weighted by atomic mass is 10.2. The summed E-state index contributed by atoms with van der Waals surface area (Å²) in [5.41, 5.74) is -1.82. The number of benzene rings is 1. The molecule has 0 unspecified atom stereocenters. The summed E-state index contributed by atoms with van der Waals surface area (Å²) in [5.74, 6) is -2.13. The van der Waals surface area contributed by atoms with Gasteiger partial charge in [0, 0.05) is 0 Å². The van der Waals surface area contributed by atoms with E-state index in [9.17, 15) is 29.9 Å². The lowest BCUT2D eigenvalue weighted by Gasteiger charge is -2.08. The van der Waals surface area contributed by atoms with Crippen LogP contribution in [-0.2, 0) is 16.4 Å². The normalized spacial score (nSPS) is 12.9. The summed E-state index contributed by atoms with van der Waals surface area (Å²) in [6.45, 7) is 0. The Morgan fingerprint density at radius 3 is 2.07 bits per heavy atom. The molecule has 0 atom stereocenters. The predicted octanol–water partition coefficient (Wildman–Crippen LogP) is 2.50. The van der Waals surface area contributed by atoms with Crippen molar-refractivity contribution in [3.8, 4) is 0 Å². The SMILES string of the molecule is O=S(=O)(F)c1cccc(C(F)(F)F)c1F. The van der Waals surface area contributed by atoms with E-state index in [4.69, 9.17) is 0 Å². The van der Waals surface area contributed by atoms with Gasteiger partial charge >= 0.3 is 16.4 Å². The van der Waals surface area contributed by atoms with Gasteiger partial charge in [0.05, 0.1) is 5.56 Å². The summed E-state index contributed by atoms with van der Waals surface area (Å²) in [4.78, 5) is -1.61. The van der Waals surface area contributed by atoms with Crippen LogP contribution in [0.2, 0.25) is 0 Å². The first-order valence-corrected chi connectivity index (χ1v) is 4.83. The maximum Gasteiger partial charge on any atom is 0.419 e. The van der Waals surface area contributed by atoms with E-state index in [0.29, 0.717) is 18.2 Å². The van der Waals surface area contributed by atoms with Gasteiger partial charge in [-0.25, -0.2) is 4.39 Å². The van der Waals surface area contributed by atoms with Crippen LogP contribution in [0.25, 0.3) is 0 Å². The summed E-state index contributed by atoms with van der Waals surface area (Å²) < 4.78 is 81.9. The van der Waals surface area contributed by atoms with Gasteiger partial charge in [-0.3, -0.25) is 0 Å². The van der Waals surface area contributed by atoms with Crippen molar-refractivity contribution >= 4 is 10.2 Å². The van der Waals surface area contributed by atoms with E-state index in [1.807, 2.05) is 0 Å². The highest BCUT2D eigenvalue weighted by Gasteiger charge is 2.36. The van der Waals surface area contributed by atoms with E-state index in [2.05, 4.69) is 0 Å². The largest absolute Gasteiger partial charge is 0.419 e. The molecule has 84 valence electrons. The highest BCUT2D eigenvalue weighted by atomic mass is 32.3. The first kappa shape index (κ1) is 11.9. The molecule has 8 heteroatoms. The van der Waals surface area contributed by atoms with Crippen LogP contribution in [0.1, 0.15) is 5.56 Å². The zero-order valence-corrected chi connectivity index (χ0v) is 7.66. The minimum Gasteiger partial charge on any atom is -0.205 e. The Morgan fingerprint density at radius 1 is 1.13 bits per heavy atom. The summed E-state index contributed by atoms with van der Waals surface area (Å²) in [6, 6.07) is 1.35. The highest BCUT2D eigenvalue weighted by Crippen LogP contribution is 2.33.